The van der Waals surface area contributed by atoms with Gasteiger partial charge in [-0.15, -0.1) is 0 Å². The van der Waals surface area contributed by atoms with Crippen LogP contribution in [-0.4, -0.2) is 121 Å². The van der Waals surface area contributed by atoms with Crippen molar-refractivity contribution in [1.29, 1.82) is 0 Å². The van der Waals surface area contributed by atoms with Gasteiger partial charge in [-0.1, -0.05) is 135 Å². The van der Waals surface area contributed by atoms with Crippen LogP contribution in [0.2, 0.25) is 0 Å². The normalized spacial score (nSPS) is 23.2. The van der Waals surface area contributed by atoms with Crippen molar-refractivity contribution in [3.8, 4) is 0 Å². The van der Waals surface area contributed by atoms with E-state index in [0.717, 1.165) is 51.4 Å². The van der Waals surface area contributed by atoms with Gasteiger partial charge in [0.25, 0.3) is 0 Å². The highest BCUT2D eigenvalue weighted by Gasteiger charge is 2.51. The molecule has 1 fully saturated rings. The number of carbonyl (C=O) groups is 2. The predicted octanol–water partition coefficient (Wildman–Crippen LogP) is 7.33. The zero-order valence-electron chi connectivity index (χ0n) is 39.4. The molecule has 8 N–H and O–H groups in total. The van der Waals surface area contributed by atoms with Crippen LogP contribution >= 0.6 is 7.82 Å². The van der Waals surface area contributed by atoms with Crippen molar-refractivity contribution in [3.05, 3.63) is 122 Å². The van der Waals surface area contributed by atoms with Crippen molar-refractivity contribution >= 4 is 19.8 Å². The lowest BCUT2D eigenvalue weighted by atomic mass is 9.85. The topological polar surface area (TPSA) is 250 Å². The summed E-state index contributed by atoms with van der Waals surface area (Å²) in [6.07, 6.45) is 34.2. The summed E-state index contributed by atoms with van der Waals surface area (Å²) in [5.74, 6) is -1.50. The van der Waals surface area contributed by atoms with Gasteiger partial charge in [0, 0.05) is 12.8 Å². The molecular formula is C51H79O15P. The molecule has 0 aliphatic heterocycles. The van der Waals surface area contributed by atoms with Crippen LogP contribution in [0.1, 0.15) is 117 Å². The first-order valence-corrected chi connectivity index (χ1v) is 25.0. The van der Waals surface area contributed by atoms with Gasteiger partial charge in [0.2, 0.25) is 0 Å². The van der Waals surface area contributed by atoms with E-state index in [1.165, 1.54) is 0 Å². The second-order valence-corrected chi connectivity index (χ2v) is 17.2. The number of hydrogen-bond acceptors (Lipinski definition) is 14. The van der Waals surface area contributed by atoms with Gasteiger partial charge in [-0.05, 0) is 89.9 Å². The van der Waals surface area contributed by atoms with Gasteiger partial charge in [-0.25, -0.2) is 4.57 Å². The molecule has 1 aliphatic carbocycles. The zero-order valence-corrected chi connectivity index (χ0v) is 40.2. The zero-order chi connectivity index (χ0) is 49.5. The van der Waals surface area contributed by atoms with Crippen LogP contribution < -0.4 is 0 Å². The first kappa shape index (κ1) is 61.2. The summed E-state index contributed by atoms with van der Waals surface area (Å²) >= 11 is 0. The molecule has 0 heterocycles. The van der Waals surface area contributed by atoms with Gasteiger partial charge in [-0.2, -0.15) is 0 Å². The van der Waals surface area contributed by atoms with Crippen molar-refractivity contribution in [2.75, 3.05) is 13.2 Å². The number of phosphoric acid groups is 1. The van der Waals surface area contributed by atoms with Crippen molar-refractivity contribution < 1.29 is 73.3 Å². The lowest BCUT2D eigenvalue weighted by Gasteiger charge is -2.41. The molecule has 1 rings (SSSR count). The summed E-state index contributed by atoms with van der Waals surface area (Å²) in [6.45, 7) is 2.74. The Hall–Kier alpha value is -3.83. The Labute approximate surface area is 398 Å². The molecule has 1 aliphatic rings. The maximum atomic E-state index is 12.8. The fraction of sp³-hybridized carbons (Fsp3) is 0.569. The lowest BCUT2D eigenvalue weighted by molar-refractivity contribution is -0.220. The highest BCUT2D eigenvalue weighted by molar-refractivity contribution is 7.47. The van der Waals surface area contributed by atoms with Crippen molar-refractivity contribution in [2.24, 2.45) is 0 Å². The molecule has 0 bridgehead atoms. The Kier molecular flexibility index (Phi) is 35.7. The Morgan fingerprint density at radius 3 is 1.37 bits per heavy atom. The number of carbonyl (C=O) groups excluding carboxylic acids is 2. The van der Waals surface area contributed by atoms with Crippen molar-refractivity contribution in [3.63, 3.8) is 0 Å². The number of rotatable bonds is 36. The van der Waals surface area contributed by atoms with E-state index in [1.807, 2.05) is 36.5 Å². The van der Waals surface area contributed by atoms with E-state index in [0.29, 0.717) is 19.3 Å². The summed E-state index contributed by atoms with van der Waals surface area (Å²) in [5.41, 5.74) is 0. The average Bonchev–Trinajstić information content (AvgIpc) is 3.30. The third-order valence-corrected chi connectivity index (χ3v) is 11.0. The second kappa shape index (κ2) is 39.1. The summed E-state index contributed by atoms with van der Waals surface area (Å²) in [5, 5.41) is 70.9. The molecule has 0 amide bonds. The Morgan fingerprint density at radius 1 is 0.522 bits per heavy atom. The molecule has 0 aromatic rings. The number of aliphatic hydroxyl groups is 7. The van der Waals surface area contributed by atoms with Gasteiger partial charge in [0.05, 0.1) is 18.8 Å². The molecule has 3 unspecified atom stereocenters. The summed E-state index contributed by atoms with van der Waals surface area (Å²) < 4.78 is 33.3. The Balaban J connectivity index is 2.63. The minimum atomic E-state index is -5.22. The van der Waals surface area contributed by atoms with Gasteiger partial charge >= 0.3 is 19.8 Å². The maximum absolute atomic E-state index is 12.8. The molecule has 0 radical (unpaired) electrons. The molecule has 0 spiro atoms. The van der Waals surface area contributed by atoms with Crippen LogP contribution in [0.25, 0.3) is 0 Å². The highest BCUT2D eigenvalue weighted by atomic mass is 31.2. The van der Waals surface area contributed by atoms with E-state index < -0.39 is 87.9 Å². The molecule has 0 saturated heterocycles. The number of phosphoric ester groups is 1. The number of hydrogen-bond donors (Lipinski definition) is 8. The van der Waals surface area contributed by atoms with Gasteiger partial charge in [0.15, 0.2) is 6.10 Å². The molecule has 0 aromatic carbocycles. The molecule has 10 atom stereocenters. The fourth-order valence-corrected chi connectivity index (χ4v) is 7.14. The number of ether oxygens (including phenoxy) is 2. The summed E-state index contributed by atoms with van der Waals surface area (Å²) in [7, 11) is -5.22. The molecule has 1 saturated carbocycles. The number of allylic oxidation sites excluding steroid dienone is 19. The molecule has 16 heteroatoms. The van der Waals surface area contributed by atoms with Gasteiger partial charge in [-0.3, -0.25) is 18.6 Å². The molecule has 0 aromatic heterocycles. The predicted molar refractivity (Wildman–Crippen MR) is 260 cm³/mol. The van der Waals surface area contributed by atoms with Crippen LogP contribution in [0.5, 0.6) is 0 Å². The Bertz CT molecular complexity index is 1660. The van der Waals surface area contributed by atoms with Gasteiger partial charge in [0.1, 0.15) is 43.2 Å². The number of aliphatic hydroxyl groups excluding tert-OH is 7. The maximum Gasteiger partial charge on any atom is 0.472 e. The SMILES string of the molecule is CC/C=C\C/C=C\C/C=C\C/C=C\C/C=C\C/C=C\CCC(=O)O[C@H](COC(=O)CCC[C@H](O)[C@@H](O)C/C=C\C/C=C\C/C=C\C/C=C\CC)COP(=O)(O)OC1[C@H](O)[C@H](O)C(O)[C@H](O)[C@H]1O. The minimum Gasteiger partial charge on any atom is -0.462 e. The molecular weight excluding hydrogens is 884 g/mol. The average molecular weight is 963 g/mol. The lowest BCUT2D eigenvalue weighted by Crippen LogP contribution is -2.64. The van der Waals surface area contributed by atoms with E-state index >= 15 is 0 Å². The summed E-state index contributed by atoms with van der Waals surface area (Å²) in [6, 6.07) is 0. The molecule has 15 nitrogen and oxygen atoms in total. The van der Waals surface area contributed by atoms with Crippen molar-refractivity contribution in [2.45, 2.75) is 172 Å². The van der Waals surface area contributed by atoms with Crippen LogP contribution in [-0.2, 0) is 32.7 Å². The standard InChI is InChI=1S/C51H79O15P/c1-3-5-7-9-11-13-15-17-18-19-20-21-22-23-25-27-29-31-33-37-45(55)65-41(40-64-67(61,62)66-51-49(59)47(57)46(56)48(58)50(51)60)39-63-44(54)38-34-36-43(53)42(52)35-32-30-28-26-24-16-14-12-10-8-6-4-2/h5-8,11-14,17-18,20-21,23-26,29-32,41-43,46-53,56-60H,3-4,9-10,15-16,19,22,27-28,33-40H2,1-2H3,(H,61,62)/b7-5-,8-6-,13-11-,14-12-,18-17-,21-20-,25-23-,26-24-,31-29-,32-30-/t41-,42+,43+,46?,47-,48+,49-,50-,51?/m1/s1. The third kappa shape index (κ3) is 31.0. The van der Waals surface area contributed by atoms with Crippen LogP contribution in [0.3, 0.4) is 0 Å². The van der Waals surface area contributed by atoms with Crippen LogP contribution in [0.4, 0.5) is 0 Å². The fourth-order valence-electron chi connectivity index (χ4n) is 6.16. The first-order valence-electron chi connectivity index (χ1n) is 23.5. The van der Waals surface area contributed by atoms with E-state index in [-0.39, 0.29) is 32.1 Å². The van der Waals surface area contributed by atoms with E-state index in [1.54, 1.807) is 12.2 Å². The summed E-state index contributed by atoms with van der Waals surface area (Å²) in [4.78, 5) is 35.8. The number of esters is 2. The van der Waals surface area contributed by atoms with Crippen LogP contribution in [0.15, 0.2) is 122 Å². The first-order chi connectivity index (χ1) is 32.2. The third-order valence-electron chi connectivity index (χ3n) is 10.0. The minimum absolute atomic E-state index is 0.0875. The largest absolute Gasteiger partial charge is 0.472 e. The Morgan fingerprint density at radius 2 is 0.925 bits per heavy atom. The van der Waals surface area contributed by atoms with E-state index in [2.05, 4.69) is 86.8 Å². The second-order valence-electron chi connectivity index (χ2n) is 15.8. The quantitative estimate of drug-likeness (QED) is 0.0174. The van der Waals surface area contributed by atoms with E-state index in [4.69, 9.17) is 18.5 Å². The molecule has 378 valence electrons. The monoisotopic (exact) mass is 963 g/mol. The highest BCUT2D eigenvalue weighted by Crippen LogP contribution is 2.47. The van der Waals surface area contributed by atoms with Gasteiger partial charge < -0.3 is 50.1 Å². The van der Waals surface area contributed by atoms with E-state index in [9.17, 15) is 54.8 Å². The van der Waals surface area contributed by atoms with Crippen LogP contribution in [0, 0.1) is 0 Å². The smallest absolute Gasteiger partial charge is 0.462 e. The van der Waals surface area contributed by atoms with Crippen molar-refractivity contribution in [1.82, 2.24) is 0 Å². The molecule has 67 heavy (non-hydrogen) atoms.